The molecule has 4 rings (SSSR count). The SMILES string of the molecule is O=C(c1ccco1)N1CCN(c2ccc(N3CCCC3)cc2Cl)CC1. The molecule has 0 radical (unpaired) electrons. The van der Waals surface area contributed by atoms with Gasteiger partial charge in [-0.05, 0) is 43.2 Å². The summed E-state index contributed by atoms with van der Waals surface area (Å²) >= 11 is 6.56. The van der Waals surface area contributed by atoms with E-state index >= 15 is 0 Å². The maximum Gasteiger partial charge on any atom is 0.289 e. The smallest absolute Gasteiger partial charge is 0.289 e. The fraction of sp³-hybridized carbons (Fsp3) is 0.421. The Bertz CT molecular complexity index is 733. The number of hydrogen-bond donors (Lipinski definition) is 0. The molecule has 2 fully saturated rings. The Morgan fingerprint density at radius 2 is 1.72 bits per heavy atom. The third kappa shape index (κ3) is 3.33. The molecule has 2 saturated heterocycles. The maximum atomic E-state index is 12.3. The monoisotopic (exact) mass is 359 g/mol. The van der Waals surface area contributed by atoms with Gasteiger partial charge in [0.1, 0.15) is 0 Å². The Balaban J connectivity index is 1.41. The van der Waals surface area contributed by atoms with Crippen molar-refractivity contribution in [2.24, 2.45) is 0 Å². The summed E-state index contributed by atoms with van der Waals surface area (Å²) in [5.41, 5.74) is 2.26. The average Bonchev–Trinajstić information content (AvgIpc) is 3.35. The van der Waals surface area contributed by atoms with E-state index in [1.54, 1.807) is 12.1 Å². The summed E-state index contributed by atoms with van der Waals surface area (Å²) in [4.78, 5) is 18.8. The molecule has 1 amide bonds. The molecule has 2 aromatic rings. The van der Waals surface area contributed by atoms with Crippen molar-refractivity contribution in [1.29, 1.82) is 0 Å². The lowest BCUT2D eigenvalue weighted by molar-refractivity contribution is 0.0714. The summed E-state index contributed by atoms with van der Waals surface area (Å²) in [6.45, 7) is 5.12. The minimum absolute atomic E-state index is 0.0415. The maximum absolute atomic E-state index is 12.3. The van der Waals surface area contributed by atoms with Crippen molar-refractivity contribution in [3.05, 3.63) is 47.4 Å². The van der Waals surface area contributed by atoms with E-state index in [2.05, 4.69) is 28.0 Å². The third-order valence-corrected chi connectivity index (χ3v) is 5.34. The van der Waals surface area contributed by atoms with Gasteiger partial charge in [-0.1, -0.05) is 11.6 Å². The average molecular weight is 360 g/mol. The molecule has 3 heterocycles. The van der Waals surface area contributed by atoms with Gasteiger partial charge in [0, 0.05) is 45.0 Å². The van der Waals surface area contributed by atoms with Gasteiger partial charge >= 0.3 is 0 Å². The van der Waals surface area contributed by atoms with Gasteiger partial charge in [0.25, 0.3) is 5.91 Å². The molecular formula is C19H22ClN3O2. The number of carbonyl (C=O) groups excluding carboxylic acids is 1. The number of halogens is 1. The Morgan fingerprint density at radius 1 is 0.960 bits per heavy atom. The second-order valence-electron chi connectivity index (χ2n) is 6.59. The van der Waals surface area contributed by atoms with Crippen molar-refractivity contribution < 1.29 is 9.21 Å². The zero-order valence-electron chi connectivity index (χ0n) is 14.2. The second kappa shape index (κ2) is 7.00. The number of amides is 1. The highest BCUT2D eigenvalue weighted by Gasteiger charge is 2.25. The minimum atomic E-state index is -0.0415. The number of furan rings is 1. The van der Waals surface area contributed by atoms with Crippen molar-refractivity contribution in [3.8, 4) is 0 Å². The molecule has 0 atom stereocenters. The number of anilines is 2. The summed E-state index contributed by atoms with van der Waals surface area (Å²) in [5, 5.41) is 0.787. The summed E-state index contributed by atoms with van der Waals surface area (Å²) in [5.74, 6) is 0.363. The number of nitrogens with zero attached hydrogens (tertiary/aromatic N) is 3. The van der Waals surface area contributed by atoms with E-state index in [1.807, 2.05) is 4.90 Å². The van der Waals surface area contributed by atoms with Crippen molar-refractivity contribution in [1.82, 2.24) is 4.90 Å². The molecular weight excluding hydrogens is 338 g/mol. The Hall–Kier alpha value is -2.14. The summed E-state index contributed by atoms with van der Waals surface area (Å²) in [7, 11) is 0. The third-order valence-electron chi connectivity index (χ3n) is 5.04. The molecule has 5 nitrogen and oxygen atoms in total. The fourth-order valence-corrected chi connectivity index (χ4v) is 3.93. The van der Waals surface area contributed by atoms with E-state index in [9.17, 15) is 4.79 Å². The molecule has 1 aromatic carbocycles. The Morgan fingerprint density at radius 3 is 2.36 bits per heavy atom. The Kier molecular flexibility index (Phi) is 4.57. The Labute approximate surface area is 152 Å². The lowest BCUT2D eigenvalue weighted by Crippen LogP contribution is -2.48. The summed E-state index contributed by atoms with van der Waals surface area (Å²) < 4.78 is 5.21. The molecule has 0 aliphatic carbocycles. The number of hydrogen-bond acceptors (Lipinski definition) is 4. The van der Waals surface area contributed by atoms with Crippen molar-refractivity contribution >= 4 is 28.9 Å². The predicted molar refractivity (Wildman–Crippen MR) is 99.7 cm³/mol. The van der Waals surface area contributed by atoms with Crippen LogP contribution in [0.4, 0.5) is 11.4 Å². The first-order valence-electron chi connectivity index (χ1n) is 8.84. The van der Waals surface area contributed by atoms with E-state index < -0.39 is 0 Å². The van der Waals surface area contributed by atoms with Crippen LogP contribution in [0.2, 0.25) is 5.02 Å². The highest BCUT2D eigenvalue weighted by molar-refractivity contribution is 6.33. The van der Waals surface area contributed by atoms with Crippen molar-refractivity contribution in [2.75, 3.05) is 49.1 Å². The highest BCUT2D eigenvalue weighted by Crippen LogP contribution is 2.32. The van der Waals surface area contributed by atoms with E-state index in [0.29, 0.717) is 18.8 Å². The van der Waals surface area contributed by atoms with Gasteiger partial charge < -0.3 is 19.1 Å². The van der Waals surface area contributed by atoms with Crippen LogP contribution in [0.1, 0.15) is 23.4 Å². The number of carbonyl (C=O) groups is 1. The molecule has 0 unspecified atom stereocenters. The van der Waals surface area contributed by atoms with E-state index in [1.165, 1.54) is 24.8 Å². The van der Waals surface area contributed by atoms with Gasteiger partial charge in [0.15, 0.2) is 5.76 Å². The fourth-order valence-electron chi connectivity index (χ4n) is 3.63. The van der Waals surface area contributed by atoms with E-state index in [-0.39, 0.29) is 5.91 Å². The topological polar surface area (TPSA) is 39.9 Å². The van der Waals surface area contributed by atoms with Crippen LogP contribution in [-0.2, 0) is 0 Å². The largest absolute Gasteiger partial charge is 0.459 e. The van der Waals surface area contributed by atoms with Crippen LogP contribution in [0, 0.1) is 0 Å². The van der Waals surface area contributed by atoms with Gasteiger partial charge in [-0.15, -0.1) is 0 Å². The van der Waals surface area contributed by atoms with Crippen LogP contribution >= 0.6 is 11.6 Å². The van der Waals surface area contributed by atoms with Gasteiger partial charge in [-0.2, -0.15) is 0 Å². The summed E-state index contributed by atoms with van der Waals surface area (Å²) in [6, 6.07) is 9.79. The first kappa shape index (κ1) is 16.3. The molecule has 2 aliphatic rings. The quantitative estimate of drug-likeness (QED) is 0.841. The van der Waals surface area contributed by atoms with Crippen LogP contribution in [-0.4, -0.2) is 50.1 Å². The zero-order chi connectivity index (χ0) is 17.2. The first-order chi connectivity index (χ1) is 12.2. The van der Waals surface area contributed by atoms with E-state index in [4.69, 9.17) is 16.0 Å². The van der Waals surface area contributed by atoms with Crippen LogP contribution in [0.15, 0.2) is 41.0 Å². The van der Waals surface area contributed by atoms with Crippen molar-refractivity contribution in [3.63, 3.8) is 0 Å². The van der Waals surface area contributed by atoms with E-state index in [0.717, 1.165) is 36.9 Å². The van der Waals surface area contributed by atoms with Crippen LogP contribution in [0.5, 0.6) is 0 Å². The van der Waals surface area contributed by atoms with Gasteiger partial charge in [0.2, 0.25) is 0 Å². The molecule has 1 aromatic heterocycles. The standard InChI is InChI=1S/C19H22ClN3O2/c20-16-14-15(21-7-1-2-8-21)5-6-17(16)22-9-11-23(12-10-22)19(24)18-4-3-13-25-18/h3-6,13-14H,1-2,7-12H2. The number of rotatable bonds is 3. The molecule has 132 valence electrons. The number of piperazine rings is 1. The molecule has 0 N–H and O–H groups in total. The second-order valence-corrected chi connectivity index (χ2v) is 6.99. The molecule has 0 bridgehead atoms. The minimum Gasteiger partial charge on any atom is -0.459 e. The van der Waals surface area contributed by atoms with Crippen LogP contribution < -0.4 is 9.80 Å². The predicted octanol–water partition coefficient (Wildman–Crippen LogP) is 3.50. The summed E-state index contributed by atoms with van der Waals surface area (Å²) in [6.07, 6.45) is 4.04. The normalized spacial score (nSPS) is 18.0. The lowest BCUT2D eigenvalue weighted by atomic mass is 10.2. The zero-order valence-corrected chi connectivity index (χ0v) is 14.9. The highest BCUT2D eigenvalue weighted by atomic mass is 35.5. The molecule has 0 spiro atoms. The van der Waals surface area contributed by atoms with Gasteiger partial charge in [-0.25, -0.2) is 0 Å². The number of benzene rings is 1. The molecule has 25 heavy (non-hydrogen) atoms. The molecule has 0 saturated carbocycles. The lowest BCUT2D eigenvalue weighted by Gasteiger charge is -2.36. The van der Waals surface area contributed by atoms with Crippen molar-refractivity contribution in [2.45, 2.75) is 12.8 Å². The van der Waals surface area contributed by atoms with Crippen LogP contribution in [0.25, 0.3) is 0 Å². The molecule has 2 aliphatic heterocycles. The van der Waals surface area contributed by atoms with Gasteiger partial charge in [0.05, 0.1) is 17.0 Å². The molecule has 6 heteroatoms. The van der Waals surface area contributed by atoms with Gasteiger partial charge in [-0.3, -0.25) is 4.79 Å². The first-order valence-corrected chi connectivity index (χ1v) is 9.22. The van der Waals surface area contributed by atoms with Crippen LogP contribution in [0.3, 0.4) is 0 Å².